The van der Waals surface area contributed by atoms with Gasteiger partial charge in [-0.25, -0.2) is 8.42 Å². The lowest BCUT2D eigenvalue weighted by Gasteiger charge is -2.18. The Labute approximate surface area is 170 Å². The summed E-state index contributed by atoms with van der Waals surface area (Å²) in [5.74, 6) is -0.337. The number of amides is 1. The largest absolute Gasteiger partial charge is 0.350 e. The molecule has 0 aromatic heterocycles. The van der Waals surface area contributed by atoms with E-state index in [0.717, 1.165) is 17.5 Å². The molecule has 0 bridgehead atoms. The van der Waals surface area contributed by atoms with Crippen LogP contribution in [0.25, 0.3) is 10.8 Å². The van der Waals surface area contributed by atoms with E-state index in [0.29, 0.717) is 17.6 Å². The predicted octanol–water partition coefficient (Wildman–Crippen LogP) is 2.73. The van der Waals surface area contributed by atoms with Crippen molar-refractivity contribution in [3.63, 3.8) is 0 Å². The third-order valence-corrected chi connectivity index (χ3v) is 6.78. The van der Waals surface area contributed by atoms with Gasteiger partial charge >= 0.3 is 0 Å². The zero-order chi connectivity index (χ0) is 20.6. The van der Waals surface area contributed by atoms with Gasteiger partial charge in [0.2, 0.25) is 5.91 Å². The van der Waals surface area contributed by atoms with E-state index in [-0.39, 0.29) is 17.3 Å². The van der Waals surface area contributed by atoms with Gasteiger partial charge in [0, 0.05) is 18.5 Å². The van der Waals surface area contributed by atoms with Crippen LogP contribution >= 0.6 is 0 Å². The molecular formula is C22H23N3O3S. The minimum Gasteiger partial charge on any atom is -0.350 e. The van der Waals surface area contributed by atoms with Gasteiger partial charge in [0.25, 0.3) is 10.0 Å². The zero-order valence-corrected chi connectivity index (χ0v) is 17.2. The fraction of sp³-hybridized carbons (Fsp3) is 0.227. The van der Waals surface area contributed by atoms with E-state index in [2.05, 4.69) is 10.2 Å². The lowest BCUT2D eigenvalue weighted by Crippen LogP contribution is -2.38. The number of hydrogen-bond donors (Lipinski definition) is 1. The number of carbonyl (C=O) groups is 1. The summed E-state index contributed by atoms with van der Waals surface area (Å²) in [7, 11) is 0.301. The van der Waals surface area contributed by atoms with Crippen LogP contribution < -0.4 is 9.62 Å². The summed E-state index contributed by atoms with van der Waals surface area (Å²) in [4.78, 5) is 14.9. The van der Waals surface area contributed by atoms with Crippen molar-refractivity contribution >= 4 is 32.4 Å². The highest BCUT2D eigenvalue weighted by molar-refractivity contribution is 7.93. The van der Waals surface area contributed by atoms with Gasteiger partial charge in [0.15, 0.2) is 0 Å². The molecule has 1 heterocycles. The van der Waals surface area contributed by atoms with Crippen LogP contribution in [0.4, 0.5) is 5.69 Å². The second kappa shape index (κ2) is 7.50. The first kappa shape index (κ1) is 19.4. The van der Waals surface area contributed by atoms with E-state index >= 15 is 0 Å². The normalized spacial score (nSPS) is 14.5. The number of hydrogen-bond acceptors (Lipinski definition) is 4. The maximum atomic E-state index is 12.9. The first-order valence-electron chi connectivity index (χ1n) is 9.40. The van der Waals surface area contributed by atoms with Gasteiger partial charge < -0.3 is 10.2 Å². The van der Waals surface area contributed by atoms with Crippen LogP contribution in [0.5, 0.6) is 0 Å². The van der Waals surface area contributed by atoms with Crippen LogP contribution in [0.2, 0.25) is 0 Å². The number of nitrogens with one attached hydrogen (secondary N) is 1. The second-order valence-electron chi connectivity index (χ2n) is 7.47. The Balaban J connectivity index is 1.46. The van der Waals surface area contributed by atoms with Crippen molar-refractivity contribution < 1.29 is 13.2 Å². The van der Waals surface area contributed by atoms with Gasteiger partial charge in [-0.2, -0.15) is 0 Å². The molecule has 0 unspecified atom stereocenters. The van der Waals surface area contributed by atoms with Crippen molar-refractivity contribution in [1.29, 1.82) is 0 Å². The quantitative estimate of drug-likeness (QED) is 0.680. The fourth-order valence-corrected chi connectivity index (χ4v) is 5.31. The van der Waals surface area contributed by atoms with Gasteiger partial charge in [0.05, 0.1) is 10.6 Å². The van der Waals surface area contributed by atoms with Crippen molar-refractivity contribution in [3.05, 3.63) is 71.8 Å². The Hall–Kier alpha value is -2.90. The summed E-state index contributed by atoms with van der Waals surface area (Å²) >= 11 is 0. The molecule has 0 radical (unpaired) electrons. The molecule has 3 aromatic rings. The number of nitrogens with zero attached hydrogens (tertiary/aromatic N) is 2. The molecule has 1 aliphatic heterocycles. The van der Waals surface area contributed by atoms with Crippen LogP contribution in [0.1, 0.15) is 11.1 Å². The van der Waals surface area contributed by atoms with Gasteiger partial charge in [-0.1, -0.05) is 48.5 Å². The molecule has 0 saturated carbocycles. The highest BCUT2D eigenvalue weighted by Crippen LogP contribution is 2.41. The Morgan fingerprint density at radius 1 is 0.966 bits per heavy atom. The Bertz CT molecular complexity index is 1170. The molecular weight excluding hydrogens is 386 g/mol. The highest BCUT2D eigenvalue weighted by atomic mass is 32.2. The summed E-state index contributed by atoms with van der Waals surface area (Å²) in [5.41, 5.74) is 2.72. The lowest BCUT2D eigenvalue weighted by atomic mass is 10.1. The van der Waals surface area contributed by atoms with E-state index in [1.807, 2.05) is 56.6 Å². The number of benzene rings is 3. The summed E-state index contributed by atoms with van der Waals surface area (Å²) in [5, 5.41) is 4.36. The summed E-state index contributed by atoms with van der Waals surface area (Å²) in [6.45, 7) is 0.965. The standard InChI is InChI=1S/C22H23N3O3S/c1-24(2)14-17-11-9-16(10-12-17)13-23-21(26)15-25-19-7-3-5-18-6-4-8-20(22(18)19)29(25,27)28/h3-12H,13-15H2,1-2H3,(H,23,26). The monoisotopic (exact) mass is 409 g/mol. The molecule has 3 aromatic carbocycles. The van der Waals surface area contributed by atoms with Gasteiger partial charge in [-0.3, -0.25) is 9.10 Å². The predicted molar refractivity (Wildman–Crippen MR) is 114 cm³/mol. The van der Waals surface area contributed by atoms with Crippen LogP contribution in [0, 0.1) is 0 Å². The Morgan fingerprint density at radius 3 is 2.31 bits per heavy atom. The highest BCUT2D eigenvalue weighted by Gasteiger charge is 2.36. The molecule has 7 heteroatoms. The van der Waals surface area contributed by atoms with E-state index in [1.54, 1.807) is 18.2 Å². The summed E-state index contributed by atoms with van der Waals surface area (Å²) in [6, 6.07) is 18.6. The third-order valence-electron chi connectivity index (χ3n) is 4.98. The maximum absolute atomic E-state index is 12.9. The van der Waals surface area contributed by atoms with Crippen LogP contribution in [0.3, 0.4) is 0 Å². The van der Waals surface area contributed by atoms with Crippen molar-refractivity contribution in [3.8, 4) is 0 Å². The minimum absolute atomic E-state index is 0.241. The van der Waals surface area contributed by atoms with Crippen LogP contribution in [-0.2, 0) is 27.9 Å². The van der Waals surface area contributed by atoms with Gasteiger partial charge in [0.1, 0.15) is 6.54 Å². The average molecular weight is 410 g/mol. The summed E-state index contributed by atoms with van der Waals surface area (Å²) in [6.07, 6.45) is 0. The fourth-order valence-electron chi connectivity index (χ4n) is 3.64. The third kappa shape index (κ3) is 3.71. The van der Waals surface area contributed by atoms with Gasteiger partial charge in [-0.05, 0) is 42.7 Å². The Morgan fingerprint density at radius 2 is 1.62 bits per heavy atom. The first-order chi connectivity index (χ1) is 13.9. The van der Waals surface area contributed by atoms with E-state index in [9.17, 15) is 13.2 Å². The van der Waals surface area contributed by atoms with Crippen molar-refractivity contribution in [1.82, 2.24) is 10.2 Å². The second-order valence-corrected chi connectivity index (χ2v) is 9.30. The molecule has 0 atom stereocenters. The number of rotatable bonds is 6. The van der Waals surface area contributed by atoms with Gasteiger partial charge in [-0.15, -0.1) is 0 Å². The number of sulfonamides is 1. The molecule has 4 rings (SSSR count). The number of anilines is 1. The smallest absolute Gasteiger partial charge is 0.265 e. The molecule has 29 heavy (non-hydrogen) atoms. The molecule has 150 valence electrons. The minimum atomic E-state index is -3.73. The van der Waals surface area contributed by atoms with Crippen LogP contribution in [-0.4, -0.2) is 39.9 Å². The molecule has 1 N–H and O–H groups in total. The lowest BCUT2D eigenvalue weighted by molar-refractivity contribution is -0.119. The topological polar surface area (TPSA) is 69.7 Å². The molecule has 0 spiro atoms. The number of carbonyl (C=O) groups excluding carboxylic acids is 1. The molecule has 0 saturated heterocycles. The maximum Gasteiger partial charge on any atom is 0.265 e. The van der Waals surface area contributed by atoms with Crippen LogP contribution in [0.15, 0.2) is 65.6 Å². The molecule has 1 aliphatic rings. The zero-order valence-electron chi connectivity index (χ0n) is 16.4. The first-order valence-corrected chi connectivity index (χ1v) is 10.8. The molecule has 1 amide bonds. The van der Waals surface area contributed by atoms with E-state index in [1.165, 1.54) is 9.87 Å². The Kier molecular flexibility index (Phi) is 5.02. The van der Waals surface area contributed by atoms with E-state index < -0.39 is 10.0 Å². The molecule has 0 aliphatic carbocycles. The van der Waals surface area contributed by atoms with E-state index in [4.69, 9.17) is 0 Å². The van der Waals surface area contributed by atoms with Crippen molar-refractivity contribution in [2.24, 2.45) is 0 Å². The summed E-state index contributed by atoms with van der Waals surface area (Å²) < 4.78 is 27.1. The van der Waals surface area contributed by atoms with Crippen molar-refractivity contribution in [2.45, 2.75) is 18.0 Å². The van der Waals surface area contributed by atoms with Crippen molar-refractivity contribution in [2.75, 3.05) is 24.9 Å². The molecule has 0 fully saturated rings. The SMILES string of the molecule is CN(C)Cc1ccc(CNC(=O)CN2c3cccc4cccc(c34)S2(=O)=O)cc1. The average Bonchev–Trinajstić information content (AvgIpc) is 2.90. The molecule has 6 nitrogen and oxygen atoms in total.